The van der Waals surface area contributed by atoms with Gasteiger partial charge in [-0.15, -0.1) is 0 Å². The van der Waals surface area contributed by atoms with Gasteiger partial charge in [0.15, 0.2) is 34.2 Å². The van der Waals surface area contributed by atoms with Crippen molar-refractivity contribution in [1.82, 2.24) is 93.1 Å². The molecule has 0 saturated carbocycles. The van der Waals surface area contributed by atoms with Crippen LogP contribution in [0.5, 0.6) is 35.7 Å². The average molecular weight is 1570 g/mol. The Morgan fingerprint density at radius 3 is 0.766 bits per heavy atom. The van der Waals surface area contributed by atoms with Crippen LogP contribution < -0.4 is 71.0 Å². The van der Waals surface area contributed by atoms with Crippen molar-refractivity contribution < 1.29 is 84.3 Å². The highest BCUT2D eigenvalue weighted by molar-refractivity contribution is 5.95. The van der Waals surface area contributed by atoms with Gasteiger partial charge in [-0.3, -0.25) is 28.8 Å². The molecule has 2 unspecified atom stereocenters. The minimum absolute atomic E-state index is 0.00516. The Labute approximate surface area is 655 Å². The number of amides is 6. The van der Waals surface area contributed by atoms with E-state index in [0.29, 0.717) is 56.0 Å². The largest absolute Gasteiger partial charge is 0.467 e. The smallest absolute Gasteiger partial charge is 0.314 e. The van der Waals surface area contributed by atoms with Crippen LogP contribution in [0.1, 0.15) is 214 Å². The van der Waals surface area contributed by atoms with Crippen LogP contribution in [0.4, 0.5) is 0 Å². The molecule has 6 heterocycles. The van der Waals surface area contributed by atoms with Crippen LogP contribution >= 0.6 is 0 Å². The zero-order valence-corrected chi connectivity index (χ0v) is 72.0. The summed E-state index contributed by atoms with van der Waals surface area (Å²) in [4.78, 5) is 79.6. The van der Waals surface area contributed by atoms with Crippen molar-refractivity contribution in [3.63, 3.8) is 0 Å². The summed E-state index contributed by atoms with van der Waals surface area (Å²) in [7, 11) is 28.9. The molecule has 0 spiro atoms. The predicted octanol–water partition coefficient (Wildman–Crippen LogP) is 7.88. The van der Waals surface area contributed by atoms with E-state index in [1.54, 1.807) is 20.8 Å². The molecule has 111 heavy (non-hydrogen) atoms. The average Bonchev–Trinajstić information content (AvgIpc) is 1.72. The summed E-state index contributed by atoms with van der Waals surface area (Å²) in [6, 6.07) is 4.39. The van der Waals surface area contributed by atoms with E-state index in [-0.39, 0.29) is 139 Å². The van der Waals surface area contributed by atoms with Gasteiger partial charge in [0.1, 0.15) is 0 Å². The number of nitrogens with zero attached hydrogens (tertiary/aromatic N) is 10. The van der Waals surface area contributed by atoms with Crippen LogP contribution in [0.15, 0.2) is 45.3 Å². The maximum Gasteiger partial charge on any atom is 0.314 e. The predicted molar refractivity (Wildman–Crippen MR) is 421 cm³/mol. The van der Waals surface area contributed by atoms with E-state index in [1.165, 1.54) is 60.9 Å². The fourth-order valence-electron chi connectivity index (χ4n) is 9.04. The van der Waals surface area contributed by atoms with Gasteiger partial charge in [0.05, 0.1) is 77.5 Å². The van der Waals surface area contributed by atoms with E-state index < -0.39 is 0 Å². The Morgan fingerprint density at radius 2 is 0.577 bits per heavy atom. The van der Waals surface area contributed by atoms with Crippen LogP contribution in [-0.2, 0) is 0 Å². The third-order valence-electron chi connectivity index (χ3n) is 20.1. The maximum atomic E-state index is 12.0. The van der Waals surface area contributed by atoms with Gasteiger partial charge in [0, 0.05) is 72.5 Å². The van der Waals surface area contributed by atoms with Crippen molar-refractivity contribution in [2.75, 3.05) is 152 Å². The molecular formula is C75H132N18O18. The summed E-state index contributed by atoms with van der Waals surface area (Å²) in [5.41, 5.74) is 3.58. The number of carbonyl (C=O) groups is 6. The number of nitrogens with one attached hydrogen (secondary N) is 8. The number of hydrogen-bond acceptors (Lipinski definition) is 30. The molecule has 0 aliphatic heterocycles. The van der Waals surface area contributed by atoms with E-state index in [1.807, 2.05) is 56.4 Å². The first-order chi connectivity index (χ1) is 51.8. The molecule has 0 aliphatic rings. The molecule has 36 nitrogen and oxygen atoms in total. The zero-order chi connectivity index (χ0) is 84.8. The second-order valence-corrected chi connectivity index (χ2v) is 29.9. The van der Waals surface area contributed by atoms with Crippen LogP contribution in [0.2, 0.25) is 0 Å². The highest BCUT2D eigenvalue weighted by Crippen LogP contribution is 2.26. The highest BCUT2D eigenvalue weighted by Gasteiger charge is 2.29. The molecule has 8 N–H and O–H groups in total. The lowest BCUT2D eigenvalue weighted by Crippen LogP contribution is -2.43. The monoisotopic (exact) mass is 1570 g/mol. The first kappa shape index (κ1) is 99.6. The summed E-state index contributed by atoms with van der Waals surface area (Å²) < 4.78 is 58.4. The van der Waals surface area contributed by atoms with Crippen LogP contribution in [0.25, 0.3) is 0 Å². The third kappa shape index (κ3) is 33.6. The summed E-state index contributed by atoms with van der Waals surface area (Å²) in [6.07, 6.45) is 7.13. The quantitative estimate of drug-likeness (QED) is 0.0183. The Bertz CT molecular complexity index is 3720. The van der Waals surface area contributed by atoms with Gasteiger partial charge in [0.2, 0.25) is 0 Å². The molecular weight excluding hydrogens is 1440 g/mol. The van der Waals surface area contributed by atoms with E-state index in [4.69, 9.17) is 55.6 Å². The molecule has 0 bridgehead atoms. The summed E-state index contributed by atoms with van der Waals surface area (Å²) in [5, 5.41) is 45.3. The lowest BCUT2D eigenvalue weighted by molar-refractivity contribution is 0.0919. The molecule has 0 aliphatic carbocycles. The van der Waals surface area contributed by atoms with Crippen LogP contribution in [-0.4, -0.2) is 272 Å². The van der Waals surface area contributed by atoms with Gasteiger partial charge in [-0.05, 0) is 212 Å². The van der Waals surface area contributed by atoms with Gasteiger partial charge in [-0.1, -0.05) is 44.8 Å². The van der Waals surface area contributed by atoms with Gasteiger partial charge in [0.25, 0.3) is 35.4 Å². The highest BCUT2D eigenvalue weighted by atomic mass is 16.6. The number of carbonyl (C=O) groups excluding carboxylic acids is 6. The molecule has 2 atom stereocenters. The molecule has 0 radical (unpaired) electrons. The lowest BCUT2D eigenvalue weighted by Gasteiger charge is -2.35. The molecule has 0 aromatic carbocycles. The molecule has 6 amide bonds. The summed E-state index contributed by atoms with van der Waals surface area (Å²) >= 11 is 0. The molecule has 36 heteroatoms. The number of aromatic nitrogens is 6. The van der Waals surface area contributed by atoms with Crippen LogP contribution in [0, 0.1) is 20.8 Å². The normalized spacial score (nSPS) is 12.5. The van der Waals surface area contributed by atoms with Crippen molar-refractivity contribution in [2.24, 2.45) is 0 Å². The standard InChI is InChI=1S/C14H25N3O3.2C13H23N3O3.2C12H21N3O3.C11H19N3O3/c1-7-14(3,17(4)5)8-9-15-12(18)11-10(2)13(19-6)20-16-11;1-9-10(15-19-12(9)18-6)11(17)14-8-7-13(2,3)16(4)5;1-6-13(2,16(3)4)7-8-14-12(17)10-9-11(18-5)19-15-10;1-12(2,15(3)4)6-7-13-11(16)9-8-10(17-5)18-14-9;1-8-9(15-18-11(8)17-5)10(16)14-7-6-12(2,3)13-4;1-11(2,12-3)5-6-13-10(15)8-7-9(16-4)17-14-8/h7-9H2,1-6H3,(H,15,18);7-8H2,1-6H3,(H,14,17);9H,6-8H2,1-5H3,(H,14,17);8H,6-7H2,1-5H3,(H,13,16);13H,6-7H2,1-5H3,(H,14,16);7,12H,5-6H2,1-4H3,(H,13,15). The van der Waals surface area contributed by atoms with Crippen molar-refractivity contribution in [2.45, 2.75) is 188 Å². The first-order valence-corrected chi connectivity index (χ1v) is 36.6. The Kier molecular flexibility index (Phi) is 42.9. The van der Waals surface area contributed by atoms with Gasteiger partial charge >= 0.3 is 35.7 Å². The fraction of sp³-hybridized carbons (Fsp3) is 0.680. The molecule has 6 rings (SSSR count). The van der Waals surface area contributed by atoms with E-state index in [2.05, 4.69) is 190 Å². The first-order valence-electron chi connectivity index (χ1n) is 36.6. The molecule has 0 fully saturated rings. The maximum absolute atomic E-state index is 12.0. The van der Waals surface area contributed by atoms with Gasteiger partial charge in [-0.2, -0.15) is 0 Å². The third-order valence-corrected chi connectivity index (χ3v) is 20.1. The number of rotatable bonds is 38. The Balaban J connectivity index is 0.000000666. The van der Waals surface area contributed by atoms with Crippen molar-refractivity contribution in [3.05, 3.63) is 69.1 Å². The summed E-state index contributed by atoms with van der Waals surface area (Å²) in [5.74, 6) is 0.0507. The zero-order valence-electron chi connectivity index (χ0n) is 72.0. The van der Waals surface area contributed by atoms with Crippen molar-refractivity contribution in [3.8, 4) is 35.7 Å². The second kappa shape index (κ2) is 47.8. The van der Waals surface area contributed by atoms with E-state index in [0.717, 1.165) is 51.4 Å². The van der Waals surface area contributed by atoms with Crippen molar-refractivity contribution in [1.29, 1.82) is 0 Å². The van der Waals surface area contributed by atoms with Crippen LogP contribution in [0.3, 0.4) is 0 Å². The van der Waals surface area contributed by atoms with E-state index in [9.17, 15) is 28.8 Å². The SMILES string of the molecule is CCC(C)(CCNC(=O)c1cc(OC)on1)N(C)C.CCC(C)(CCNC(=O)c1noc(OC)c1C)N(C)C.CNC(C)(C)CCNC(=O)c1cc(OC)on1.CNC(C)(C)CCNC(=O)c1noc(OC)c1C.COc1cc(C(=O)NCCC(C)(C)N(C)C)no1.COc1onc(C(=O)NCCC(C)(C)N(C)C)c1C. The number of methoxy groups -OCH3 is 6. The minimum atomic E-state index is -0.260. The number of ether oxygens (including phenoxy) is 6. The van der Waals surface area contributed by atoms with Gasteiger partial charge in [-0.25, -0.2) is 0 Å². The summed E-state index contributed by atoms with van der Waals surface area (Å²) in [6.45, 7) is 34.2. The van der Waals surface area contributed by atoms with Gasteiger partial charge < -0.3 is 118 Å². The fourth-order valence-corrected chi connectivity index (χ4v) is 9.04. The van der Waals surface area contributed by atoms with E-state index >= 15 is 0 Å². The topological polar surface area (TPSA) is 423 Å². The molecule has 630 valence electrons. The molecule has 6 aromatic heterocycles. The minimum Gasteiger partial charge on any atom is -0.467 e. The molecule has 0 saturated heterocycles. The Hall–Kier alpha value is -9.36. The van der Waals surface area contributed by atoms with Crippen molar-refractivity contribution >= 4 is 35.4 Å². The second-order valence-electron chi connectivity index (χ2n) is 29.9. The molecule has 6 aromatic rings. The Morgan fingerprint density at radius 1 is 0.342 bits per heavy atom. The lowest BCUT2D eigenvalue weighted by atomic mass is 9.93. The number of hydrogen-bond donors (Lipinski definition) is 8.